The molecule has 5 aromatic carbocycles. The lowest BCUT2D eigenvalue weighted by Crippen LogP contribution is -2.26. The Balaban J connectivity index is 0.000000666. The van der Waals surface area contributed by atoms with Gasteiger partial charge in [-0.2, -0.15) is 0 Å². The molecule has 1 N–H and O–H groups in total. The first kappa shape index (κ1) is 52.4. The summed E-state index contributed by atoms with van der Waals surface area (Å²) in [6, 6.07) is 31.5. The van der Waals surface area contributed by atoms with Gasteiger partial charge in [-0.1, -0.05) is 208 Å². The van der Waals surface area contributed by atoms with E-state index in [1.165, 1.54) is 101 Å². The zero-order valence-corrected chi connectivity index (χ0v) is 40.3. The molecular formula is C61H77N. The van der Waals surface area contributed by atoms with E-state index in [-0.39, 0.29) is 0 Å². The second kappa shape index (κ2) is 29.5. The van der Waals surface area contributed by atoms with Crippen molar-refractivity contribution in [3.05, 3.63) is 208 Å². The molecule has 7 rings (SSSR count). The molecule has 0 fully saturated rings. The van der Waals surface area contributed by atoms with E-state index in [2.05, 4.69) is 192 Å². The van der Waals surface area contributed by atoms with Crippen molar-refractivity contribution in [1.29, 1.82) is 0 Å². The zero-order chi connectivity index (χ0) is 45.9. The lowest BCUT2D eigenvalue weighted by atomic mass is 9.95. The van der Waals surface area contributed by atoms with Gasteiger partial charge in [0.1, 0.15) is 0 Å². The molecule has 0 bridgehead atoms. The first-order valence-electron chi connectivity index (χ1n) is 22.8. The van der Waals surface area contributed by atoms with E-state index in [0.717, 1.165) is 19.3 Å². The number of fused-ring (bicyclic) bond motifs is 4. The van der Waals surface area contributed by atoms with Gasteiger partial charge < -0.3 is 5.32 Å². The van der Waals surface area contributed by atoms with Gasteiger partial charge in [0.15, 0.2) is 0 Å². The van der Waals surface area contributed by atoms with Crippen LogP contribution in [-0.4, -0.2) is 14.1 Å². The maximum atomic E-state index is 4.04. The minimum atomic E-state index is 0.939. The van der Waals surface area contributed by atoms with Crippen LogP contribution in [0.3, 0.4) is 0 Å². The summed E-state index contributed by atoms with van der Waals surface area (Å²) in [5.41, 5.74) is 13.8. The van der Waals surface area contributed by atoms with Crippen molar-refractivity contribution in [1.82, 2.24) is 5.32 Å². The fraction of sp³-hybridized carbons (Fsp3) is 0.279. The first-order valence-corrected chi connectivity index (χ1v) is 22.8. The van der Waals surface area contributed by atoms with E-state index < -0.39 is 0 Å². The normalized spacial score (nSPS) is 14.4. The number of aryl methyl sites for hydroxylation is 1. The Hall–Kier alpha value is -5.76. The van der Waals surface area contributed by atoms with Gasteiger partial charge in [-0.15, -0.1) is 13.2 Å². The summed E-state index contributed by atoms with van der Waals surface area (Å²) in [4.78, 5) is 0. The molecule has 0 spiro atoms. The summed E-state index contributed by atoms with van der Waals surface area (Å²) >= 11 is 0. The van der Waals surface area contributed by atoms with Crippen LogP contribution in [0.15, 0.2) is 176 Å². The highest BCUT2D eigenvalue weighted by atomic mass is 14.7. The maximum Gasteiger partial charge on any atom is -0.00580 e. The third kappa shape index (κ3) is 15.3. The average molecular weight is 824 g/mol. The van der Waals surface area contributed by atoms with Gasteiger partial charge in [0, 0.05) is 0 Å². The highest BCUT2D eigenvalue weighted by Crippen LogP contribution is 2.34. The lowest BCUT2D eigenvalue weighted by molar-refractivity contribution is 0.874. The van der Waals surface area contributed by atoms with Crippen molar-refractivity contribution < 1.29 is 0 Å². The summed E-state index contributed by atoms with van der Waals surface area (Å²) < 4.78 is 0. The third-order valence-electron chi connectivity index (χ3n) is 10.6. The fourth-order valence-electron chi connectivity index (χ4n) is 7.61. The molecule has 0 atom stereocenters. The smallest absolute Gasteiger partial charge is 0.00580 e. The van der Waals surface area contributed by atoms with Crippen molar-refractivity contribution in [2.75, 3.05) is 14.1 Å². The Morgan fingerprint density at radius 1 is 0.710 bits per heavy atom. The van der Waals surface area contributed by atoms with Crippen molar-refractivity contribution in [3.8, 4) is 11.1 Å². The van der Waals surface area contributed by atoms with Crippen molar-refractivity contribution in [3.63, 3.8) is 0 Å². The van der Waals surface area contributed by atoms with Crippen LogP contribution in [0, 0.1) is 6.92 Å². The van der Waals surface area contributed by atoms with Crippen LogP contribution >= 0.6 is 0 Å². The molecule has 0 amide bonds. The standard InChI is InChI=1S/C45H42.C8H12.C2H7N.2C2H6.C2H4/c1-6-8-9-15-31(3)26-34-21-22-35(27-33(34)5)36-23-24-37-28-38(30-39(37)29-36)32(4)20-25-45-40(14-7-2)41-16-10-11-17-42(41)43-18-12-13-19-44(43)45;1-8-6-4-2-3-5-7-8;1-3-2;3*1-2/h6-19,21-27,29H,2,20,28,30H2,1,3-5H3;4,6-7H,2-3,5H2,1H3;3H,1-2H3;2*1-2H3;1-2H2/b8-6-,15-9-,31-26+,38-32-,40-14-,45-25+;;;;;. The number of hydrogen-bond acceptors (Lipinski definition) is 1. The van der Waals surface area contributed by atoms with E-state index in [4.69, 9.17) is 0 Å². The minimum Gasteiger partial charge on any atom is -0.323 e. The lowest BCUT2D eigenvalue weighted by Gasteiger charge is -2.09. The van der Waals surface area contributed by atoms with Gasteiger partial charge in [-0.3, -0.25) is 0 Å². The Bertz CT molecular complexity index is 2490. The largest absolute Gasteiger partial charge is 0.323 e. The molecule has 0 aromatic heterocycles. The fourth-order valence-corrected chi connectivity index (χ4v) is 7.61. The maximum absolute atomic E-state index is 4.04. The van der Waals surface area contributed by atoms with E-state index in [9.17, 15) is 0 Å². The van der Waals surface area contributed by atoms with E-state index in [1.54, 1.807) is 5.57 Å². The molecule has 2 aliphatic rings. The number of benzene rings is 5. The monoisotopic (exact) mass is 824 g/mol. The van der Waals surface area contributed by atoms with Crippen LogP contribution in [0.5, 0.6) is 0 Å². The van der Waals surface area contributed by atoms with Gasteiger partial charge in [-0.25, -0.2) is 0 Å². The topological polar surface area (TPSA) is 12.0 Å². The predicted octanol–water partition coefficient (Wildman–Crippen LogP) is 16.1. The summed E-state index contributed by atoms with van der Waals surface area (Å²) in [6.07, 6.45) is 30.8. The van der Waals surface area contributed by atoms with Crippen molar-refractivity contribution >= 4 is 39.8 Å². The van der Waals surface area contributed by atoms with Gasteiger partial charge in [-0.05, 0) is 153 Å². The number of nitrogens with one attached hydrogen (secondary N) is 1. The van der Waals surface area contributed by atoms with Gasteiger partial charge in [0.05, 0.1) is 0 Å². The Morgan fingerprint density at radius 3 is 1.90 bits per heavy atom. The average Bonchev–Trinajstić information content (AvgIpc) is 3.60. The van der Waals surface area contributed by atoms with Crippen molar-refractivity contribution in [2.45, 2.75) is 101 Å². The summed E-state index contributed by atoms with van der Waals surface area (Å²) in [6.45, 7) is 28.9. The summed E-state index contributed by atoms with van der Waals surface area (Å²) in [5.74, 6) is 0. The predicted molar refractivity (Wildman–Crippen MR) is 284 cm³/mol. The SMILES string of the molecule is C=C.C=C/C=c1\c(=C/C/C(C)=C2/Cc3ccc(-c4ccc(/C=C(C)/C=C\C=C/C)c(C)c4)cc3C2)c2ccccc2c2ccccc12.CC.CC.CC1=CCCCC=C1.CNC. The third-order valence-corrected chi connectivity index (χ3v) is 10.6. The Morgan fingerprint density at radius 2 is 1.29 bits per heavy atom. The molecule has 326 valence electrons. The first-order chi connectivity index (χ1) is 30.3. The summed E-state index contributed by atoms with van der Waals surface area (Å²) in [5, 5.41) is 10.5. The highest BCUT2D eigenvalue weighted by Gasteiger charge is 2.18. The molecular weight excluding hydrogens is 747 g/mol. The van der Waals surface area contributed by atoms with E-state index in [0.29, 0.717) is 0 Å². The number of hydrogen-bond donors (Lipinski definition) is 1. The molecule has 5 aromatic rings. The van der Waals surface area contributed by atoms with Crippen LogP contribution < -0.4 is 15.8 Å². The summed E-state index contributed by atoms with van der Waals surface area (Å²) in [7, 11) is 3.75. The van der Waals surface area contributed by atoms with Gasteiger partial charge >= 0.3 is 0 Å². The molecule has 1 heteroatoms. The molecule has 0 saturated carbocycles. The van der Waals surface area contributed by atoms with Crippen molar-refractivity contribution in [2.24, 2.45) is 0 Å². The number of allylic oxidation sites excluding steroid dienone is 12. The zero-order valence-electron chi connectivity index (χ0n) is 40.3. The molecule has 62 heavy (non-hydrogen) atoms. The highest BCUT2D eigenvalue weighted by molar-refractivity contribution is 6.08. The van der Waals surface area contributed by atoms with Gasteiger partial charge in [0.2, 0.25) is 0 Å². The number of rotatable bonds is 7. The van der Waals surface area contributed by atoms with Crippen LogP contribution in [0.1, 0.15) is 103 Å². The minimum absolute atomic E-state index is 0.939. The van der Waals surface area contributed by atoms with E-state index >= 15 is 0 Å². The second-order valence-corrected chi connectivity index (χ2v) is 15.1. The second-order valence-electron chi connectivity index (χ2n) is 15.1. The quantitative estimate of drug-likeness (QED) is 0.0979. The van der Waals surface area contributed by atoms with Crippen LogP contribution in [0.4, 0.5) is 0 Å². The Labute approximate surface area is 377 Å². The van der Waals surface area contributed by atoms with Crippen LogP contribution in [0.25, 0.3) is 50.9 Å². The molecule has 0 radical (unpaired) electrons. The molecule has 0 saturated heterocycles. The molecule has 0 aliphatic heterocycles. The Kier molecular flexibility index (Phi) is 24.9. The van der Waals surface area contributed by atoms with E-state index in [1.807, 2.05) is 60.9 Å². The van der Waals surface area contributed by atoms with Gasteiger partial charge in [0.25, 0.3) is 0 Å². The molecule has 0 unspecified atom stereocenters. The molecule has 0 heterocycles. The molecule has 1 nitrogen and oxygen atoms in total. The van der Waals surface area contributed by atoms with Crippen LogP contribution in [-0.2, 0) is 12.8 Å². The van der Waals surface area contributed by atoms with Crippen LogP contribution in [0.2, 0.25) is 0 Å². The molecule has 2 aliphatic carbocycles.